The number of hydrogen-bond acceptors (Lipinski definition) is 6. The standard InChI is InChI=1S/C20H23N5OS/c1-12-24-17-3-2-13(9-19(17)27-12)8-15-10-18(16(11-23-15)20(21)26)25-14-4-6-22-7-5-14/h2-3,9-11,14,22H,4-8H2,1H3,(H2,21,26)(H,23,25). The summed E-state index contributed by atoms with van der Waals surface area (Å²) in [6, 6.07) is 8.62. The lowest BCUT2D eigenvalue weighted by Gasteiger charge is -2.25. The van der Waals surface area contributed by atoms with Crippen LogP contribution in [0.25, 0.3) is 10.2 Å². The van der Waals surface area contributed by atoms with Gasteiger partial charge in [0.15, 0.2) is 0 Å². The van der Waals surface area contributed by atoms with Gasteiger partial charge in [0.05, 0.1) is 26.5 Å². The van der Waals surface area contributed by atoms with Gasteiger partial charge in [-0.3, -0.25) is 9.78 Å². The number of aromatic nitrogens is 2. The maximum absolute atomic E-state index is 11.8. The zero-order valence-corrected chi connectivity index (χ0v) is 16.1. The maximum Gasteiger partial charge on any atom is 0.252 e. The molecule has 4 N–H and O–H groups in total. The Bertz CT molecular complexity index is 978. The topological polar surface area (TPSA) is 92.9 Å². The van der Waals surface area contributed by atoms with E-state index >= 15 is 0 Å². The van der Waals surface area contributed by atoms with Crippen LogP contribution in [-0.2, 0) is 6.42 Å². The molecule has 1 aliphatic heterocycles. The van der Waals surface area contributed by atoms with E-state index in [0.717, 1.165) is 47.8 Å². The monoisotopic (exact) mass is 381 g/mol. The highest BCUT2D eigenvalue weighted by Gasteiger charge is 2.17. The molecule has 1 fully saturated rings. The fourth-order valence-corrected chi connectivity index (χ4v) is 4.39. The largest absolute Gasteiger partial charge is 0.381 e. The lowest BCUT2D eigenvalue weighted by molar-refractivity contribution is 0.100. The number of anilines is 1. The minimum atomic E-state index is -0.452. The van der Waals surface area contributed by atoms with Crippen molar-refractivity contribution in [3.05, 3.63) is 52.3 Å². The van der Waals surface area contributed by atoms with Crippen LogP contribution in [0, 0.1) is 6.92 Å². The van der Waals surface area contributed by atoms with E-state index < -0.39 is 5.91 Å². The highest BCUT2D eigenvalue weighted by atomic mass is 32.1. The van der Waals surface area contributed by atoms with Gasteiger partial charge in [-0.25, -0.2) is 4.98 Å². The summed E-state index contributed by atoms with van der Waals surface area (Å²) >= 11 is 1.70. The van der Waals surface area contributed by atoms with Gasteiger partial charge in [0.2, 0.25) is 0 Å². The van der Waals surface area contributed by atoms with Gasteiger partial charge >= 0.3 is 0 Å². The molecule has 2 aromatic heterocycles. The third-order valence-electron chi connectivity index (χ3n) is 4.87. The molecule has 7 heteroatoms. The first kappa shape index (κ1) is 17.9. The highest BCUT2D eigenvalue weighted by molar-refractivity contribution is 7.18. The van der Waals surface area contributed by atoms with E-state index in [-0.39, 0.29) is 0 Å². The number of piperidine rings is 1. The van der Waals surface area contributed by atoms with Gasteiger partial charge in [-0.1, -0.05) is 6.07 Å². The third-order valence-corrected chi connectivity index (χ3v) is 5.80. The van der Waals surface area contributed by atoms with Crippen LogP contribution < -0.4 is 16.4 Å². The van der Waals surface area contributed by atoms with Crippen molar-refractivity contribution in [3.8, 4) is 0 Å². The molecule has 6 nitrogen and oxygen atoms in total. The van der Waals surface area contributed by atoms with Crippen LogP contribution in [0.2, 0.25) is 0 Å². The van der Waals surface area contributed by atoms with Crippen molar-refractivity contribution < 1.29 is 4.79 Å². The molecule has 3 aromatic rings. The summed E-state index contributed by atoms with van der Waals surface area (Å²) in [6.07, 6.45) is 4.35. The van der Waals surface area contributed by atoms with E-state index in [1.54, 1.807) is 17.5 Å². The smallest absolute Gasteiger partial charge is 0.252 e. The number of carbonyl (C=O) groups excluding carboxylic acids is 1. The quantitative estimate of drug-likeness (QED) is 0.632. The summed E-state index contributed by atoms with van der Waals surface area (Å²) in [4.78, 5) is 20.8. The second-order valence-electron chi connectivity index (χ2n) is 6.97. The van der Waals surface area contributed by atoms with Crippen molar-refractivity contribution in [2.45, 2.75) is 32.2 Å². The van der Waals surface area contributed by atoms with Crippen molar-refractivity contribution in [2.75, 3.05) is 18.4 Å². The molecule has 27 heavy (non-hydrogen) atoms. The molecule has 0 radical (unpaired) electrons. The maximum atomic E-state index is 11.8. The summed E-state index contributed by atoms with van der Waals surface area (Å²) in [7, 11) is 0. The number of thiazole rings is 1. The molecule has 3 heterocycles. The predicted octanol–water partition coefficient (Wildman–Crippen LogP) is 2.85. The Hall–Kier alpha value is -2.51. The molecule has 0 spiro atoms. The number of carbonyl (C=O) groups is 1. The third kappa shape index (κ3) is 4.09. The van der Waals surface area contributed by atoms with Crippen LogP contribution in [0.3, 0.4) is 0 Å². The van der Waals surface area contributed by atoms with Crippen molar-refractivity contribution >= 4 is 33.1 Å². The molecule has 4 rings (SSSR count). The lowest BCUT2D eigenvalue weighted by Crippen LogP contribution is -2.35. The Labute approximate surface area is 162 Å². The average Bonchev–Trinajstić information content (AvgIpc) is 3.02. The zero-order chi connectivity index (χ0) is 18.8. The number of hydrogen-bond donors (Lipinski definition) is 3. The van der Waals surface area contributed by atoms with Crippen LogP contribution in [0.4, 0.5) is 5.69 Å². The minimum absolute atomic E-state index is 0.344. The van der Waals surface area contributed by atoms with E-state index in [0.29, 0.717) is 18.0 Å². The van der Waals surface area contributed by atoms with Crippen LogP contribution in [0.5, 0.6) is 0 Å². The normalized spacial score (nSPS) is 15.1. The number of primary amides is 1. The number of benzene rings is 1. The molecule has 140 valence electrons. The summed E-state index contributed by atoms with van der Waals surface area (Å²) < 4.78 is 1.19. The Balaban J connectivity index is 1.59. The minimum Gasteiger partial charge on any atom is -0.381 e. The number of nitrogens with zero attached hydrogens (tertiary/aromatic N) is 2. The SMILES string of the molecule is Cc1nc2ccc(Cc3cc(NC4CCNCC4)c(C(N)=O)cn3)cc2s1. The Kier molecular flexibility index (Phi) is 5.05. The van der Waals surface area contributed by atoms with E-state index in [4.69, 9.17) is 5.73 Å². The molecule has 0 saturated carbocycles. The van der Waals surface area contributed by atoms with Crippen molar-refractivity contribution in [1.82, 2.24) is 15.3 Å². The second kappa shape index (κ2) is 7.62. The van der Waals surface area contributed by atoms with Gasteiger partial charge in [0.1, 0.15) is 0 Å². The van der Waals surface area contributed by atoms with Crippen LogP contribution in [0.1, 0.15) is 39.5 Å². The van der Waals surface area contributed by atoms with Crippen molar-refractivity contribution in [2.24, 2.45) is 5.73 Å². The summed E-state index contributed by atoms with van der Waals surface area (Å²) in [5.74, 6) is -0.452. The van der Waals surface area contributed by atoms with E-state index in [1.165, 1.54) is 10.3 Å². The zero-order valence-electron chi connectivity index (χ0n) is 15.3. The van der Waals surface area contributed by atoms with Gasteiger partial charge < -0.3 is 16.4 Å². The first-order valence-corrected chi connectivity index (χ1v) is 10.0. The number of nitrogens with two attached hydrogens (primary N) is 1. The van der Waals surface area contributed by atoms with Crippen molar-refractivity contribution in [3.63, 3.8) is 0 Å². The van der Waals surface area contributed by atoms with Gasteiger partial charge in [0.25, 0.3) is 5.91 Å². The molecule has 1 amide bonds. The molecule has 0 unspecified atom stereocenters. The fraction of sp³-hybridized carbons (Fsp3) is 0.350. The Morgan fingerprint density at radius 1 is 1.33 bits per heavy atom. The Morgan fingerprint density at radius 3 is 2.93 bits per heavy atom. The summed E-state index contributed by atoms with van der Waals surface area (Å²) in [6.45, 7) is 3.98. The van der Waals surface area contributed by atoms with E-state index in [1.807, 2.05) is 13.0 Å². The highest BCUT2D eigenvalue weighted by Crippen LogP contribution is 2.25. The second-order valence-corrected chi connectivity index (χ2v) is 8.20. The molecule has 1 aromatic carbocycles. The molecule has 0 bridgehead atoms. The number of pyridine rings is 1. The Morgan fingerprint density at radius 2 is 2.15 bits per heavy atom. The first-order valence-electron chi connectivity index (χ1n) is 9.20. The molecular weight excluding hydrogens is 358 g/mol. The summed E-state index contributed by atoms with van der Waals surface area (Å²) in [5, 5.41) is 7.92. The van der Waals surface area contributed by atoms with Gasteiger partial charge in [-0.05, 0) is 56.6 Å². The lowest BCUT2D eigenvalue weighted by atomic mass is 10.0. The number of rotatable bonds is 5. The fourth-order valence-electron chi connectivity index (χ4n) is 3.50. The van der Waals surface area contributed by atoms with Gasteiger partial charge in [0, 0.05) is 24.4 Å². The van der Waals surface area contributed by atoms with Crippen LogP contribution in [0.15, 0.2) is 30.5 Å². The molecule has 1 saturated heterocycles. The van der Waals surface area contributed by atoms with Crippen LogP contribution >= 0.6 is 11.3 Å². The predicted molar refractivity (Wildman–Crippen MR) is 109 cm³/mol. The number of fused-ring (bicyclic) bond motifs is 1. The first-order chi connectivity index (χ1) is 13.1. The van der Waals surface area contributed by atoms with Crippen molar-refractivity contribution in [1.29, 1.82) is 0 Å². The van der Waals surface area contributed by atoms with E-state index in [9.17, 15) is 4.79 Å². The van der Waals surface area contributed by atoms with Gasteiger partial charge in [-0.15, -0.1) is 11.3 Å². The van der Waals surface area contributed by atoms with Gasteiger partial charge in [-0.2, -0.15) is 0 Å². The number of aryl methyl sites for hydroxylation is 1. The van der Waals surface area contributed by atoms with Crippen LogP contribution in [-0.4, -0.2) is 35.0 Å². The molecule has 0 aliphatic carbocycles. The molecule has 0 atom stereocenters. The molecule has 1 aliphatic rings. The average molecular weight is 382 g/mol. The number of amides is 1. The molecular formula is C20H23N5OS. The summed E-state index contributed by atoms with van der Waals surface area (Å²) in [5.41, 5.74) is 9.91. The number of nitrogens with one attached hydrogen (secondary N) is 2. The van der Waals surface area contributed by atoms with E-state index in [2.05, 4.69) is 38.8 Å².